The summed E-state index contributed by atoms with van der Waals surface area (Å²) in [6.07, 6.45) is 2.25. The number of hydrogen-bond donors (Lipinski definition) is 3. The highest BCUT2D eigenvalue weighted by atomic mass is 31.2. The number of aromatic nitrogens is 1. The maximum Gasteiger partial charge on any atom is 0.335 e. The van der Waals surface area contributed by atoms with E-state index in [1.165, 1.54) is 6.20 Å². The minimum Gasteiger partial charge on any atom is -0.356 e. The lowest BCUT2D eigenvalue weighted by molar-refractivity contribution is -0.115. The van der Waals surface area contributed by atoms with Crippen LogP contribution in [-0.2, 0) is 20.9 Å². The van der Waals surface area contributed by atoms with E-state index in [0.717, 1.165) is 5.56 Å². The van der Waals surface area contributed by atoms with E-state index in [4.69, 9.17) is 4.52 Å². The lowest BCUT2D eigenvalue weighted by Gasteiger charge is -2.33. The Labute approximate surface area is 175 Å². The lowest BCUT2D eigenvalue weighted by Crippen LogP contribution is -2.24. The minimum atomic E-state index is -4.35. The minimum absolute atomic E-state index is 0.0891. The molecule has 0 atom stereocenters. The summed E-state index contributed by atoms with van der Waals surface area (Å²) in [5.41, 5.74) is 2.63. The van der Waals surface area contributed by atoms with Gasteiger partial charge >= 0.3 is 7.60 Å². The smallest absolute Gasteiger partial charge is 0.335 e. The van der Waals surface area contributed by atoms with Crippen molar-refractivity contribution in [2.24, 2.45) is 0 Å². The number of nitrogens with one attached hydrogen (secondary N) is 1. The Kier molecular flexibility index (Phi) is 6.56. The fraction of sp³-hybridized carbons (Fsp3) is 0.273. The highest BCUT2D eigenvalue weighted by Gasteiger charge is 2.45. The van der Waals surface area contributed by atoms with Gasteiger partial charge in [0.05, 0.1) is 17.8 Å². The van der Waals surface area contributed by atoms with Gasteiger partial charge in [-0.25, -0.2) is 0 Å². The molecule has 2 aromatic carbocycles. The topological polar surface area (TPSA) is 113 Å². The van der Waals surface area contributed by atoms with Gasteiger partial charge in [0.25, 0.3) is 0 Å². The lowest BCUT2D eigenvalue weighted by atomic mass is 9.92. The number of amides is 1. The largest absolute Gasteiger partial charge is 0.356 e. The molecule has 0 aliphatic heterocycles. The summed E-state index contributed by atoms with van der Waals surface area (Å²) in [4.78, 5) is 32.3. The summed E-state index contributed by atoms with van der Waals surface area (Å²) in [5.74, 6) is 0.314. The van der Waals surface area contributed by atoms with Crippen molar-refractivity contribution in [3.05, 3.63) is 71.9 Å². The van der Waals surface area contributed by atoms with Crippen molar-refractivity contribution >= 4 is 19.2 Å². The van der Waals surface area contributed by atoms with Crippen molar-refractivity contribution in [1.29, 1.82) is 0 Å². The van der Waals surface area contributed by atoms with Gasteiger partial charge < -0.3 is 19.6 Å². The molecule has 8 heteroatoms. The quantitative estimate of drug-likeness (QED) is 0.448. The fourth-order valence-corrected chi connectivity index (χ4v) is 5.00. The molecule has 0 aliphatic carbocycles. The Morgan fingerprint density at radius 3 is 2.27 bits per heavy atom. The van der Waals surface area contributed by atoms with Crippen LogP contribution in [0.25, 0.3) is 11.3 Å². The second-order valence-corrected chi connectivity index (χ2v) is 9.08. The molecule has 158 valence electrons. The van der Waals surface area contributed by atoms with E-state index in [1.807, 2.05) is 30.3 Å². The number of nitrogens with zero attached hydrogens (tertiary/aromatic N) is 1. The molecule has 3 N–H and O–H groups in total. The summed E-state index contributed by atoms with van der Waals surface area (Å²) in [6.45, 7) is 3.53. The van der Waals surface area contributed by atoms with E-state index in [1.54, 1.807) is 38.1 Å². The van der Waals surface area contributed by atoms with Gasteiger partial charge in [-0.05, 0) is 30.5 Å². The van der Waals surface area contributed by atoms with Crippen LogP contribution in [0.5, 0.6) is 0 Å². The standard InChI is InChI=1S/C22H25N2O5P/c1-3-22(4-2,30(26,27)28)18-10-12-19(13-11-18)24-20(25)14-17-15-23-29-21(17)16-8-6-5-7-9-16/h5-13,15H,3-4,14H2,1-2H3,(H,24,25)(H2,26,27,28). The van der Waals surface area contributed by atoms with Crippen LogP contribution in [0.15, 0.2) is 65.3 Å². The molecule has 0 unspecified atom stereocenters. The first-order chi connectivity index (χ1) is 14.3. The monoisotopic (exact) mass is 428 g/mol. The number of carbonyl (C=O) groups excluding carboxylic acids is 1. The first-order valence-corrected chi connectivity index (χ1v) is 11.4. The van der Waals surface area contributed by atoms with Crippen LogP contribution in [0.2, 0.25) is 0 Å². The average Bonchev–Trinajstić information content (AvgIpc) is 3.18. The van der Waals surface area contributed by atoms with Crippen LogP contribution in [0.4, 0.5) is 5.69 Å². The predicted octanol–water partition coefficient (Wildman–Crippen LogP) is 4.72. The molecule has 0 bridgehead atoms. The van der Waals surface area contributed by atoms with Crippen molar-refractivity contribution in [2.75, 3.05) is 5.32 Å². The maximum absolute atomic E-state index is 12.5. The van der Waals surface area contributed by atoms with Crippen molar-refractivity contribution in [1.82, 2.24) is 5.16 Å². The number of carbonyl (C=O) groups is 1. The van der Waals surface area contributed by atoms with Crippen molar-refractivity contribution in [3.8, 4) is 11.3 Å². The Morgan fingerprint density at radius 2 is 1.70 bits per heavy atom. The second-order valence-electron chi connectivity index (χ2n) is 7.13. The molecule has 0 spiro atoms. The van der Waals surface area contributed by atoms with Crippen LogP contribution < -0.4 is 5.32 Å². The Morgan fingerprint density at radius 1 is 1.07 bits per heavy atom. The van der Waals surface area contributed by atoms with Gasteiger partial charge in [0.2, 0.25) is 5.91 Å². The molecule has 0 saturated heterocycles. The SMILES string of the molecule is CCC(CC)(c1ccc(NC(=O)Cc2cnoc2-c2ccccc2)cc1)P(=O)(O)O. The molecule has 7 nitrogen and oxygen atoms in total. The molecule has 1 heterocycles. The van der Waals surface area contributed by atoms with Crippen LogP contribution >= 0.6 is 7.60 Å². The van der Waals surface area contributed by atoms with Gasteiger partial charge in [0.15, 0.2) is 5.76 Å². The molecular formula is C22H25N2O5P. The van der Waals surface area contributed by atoms with Crippen molar-refractivity contribution in [2.45, 2.75) is 38.3 Å². The van der Waals surface area contributed by atoms with Crippen LogP contribution in [0, 0.1) is 0 Å². The molecule has 3 aromatic rings. The van der Waals surface area contributed by atoms with E-state index >= 15 is 0 Å². The summed E-state index contributed by atoms with van der Waals surface area (Å²) in [5, 5.41) is 5.40. The zero-order valence-electron chi connectivity index (χ0n) is 16.9. The molecule has 0 aliphatic rings. The van der Waals surface area contributed by atoms with Crippen LogP contribution in [-0.4, -0.2) is 20.9 Å². The van der Waals surface area contributed by atoms with Gasteiger partial charge in [-0.1, -0.05) is 61.5 Å². The molecule has 3 rings (SSSR count). The summed E-state index contributed by atoms with van der Waals surface area (Å²) in [6, 6.07) is 16.1. The molecule has 1 aromatic heterocycles. The van der Waals surface area contributed by atoms with E-state index in [0.29, 0.717) is 35.4 Å². The van der Waals surface area contributed by atoms with Crippen molar-refractivity contribution in [3.63, 3.8) is 0 Å². The first-order valence-electron chi connectivity index (χ1n) is 9.75. The van der Waals surface area contributed by atoms with Gasteiger partial charge in [0, 0.05) is 16.8 Å². The van der Waals surface area contributed by atoms with Gasteiger partial charge in [-0.3, -0.25) is 9.36 Å². The fourth-order valence-electron chi connectivity index (χ4n) is 3.69. The molecule has 1 amide bonds. The molecule has 0 fully saturated rings. The summed E-state index contributed by atoms with van der Waals surface area (Å²) in [7, 11) is -4.35. The van der Waals surface area contributed by atoms with E-state index < -0.39 is 12.8 Å². The summed E-state index contributed by atoms with van der Waals surface area (Å²) >= 11 is 0. The highest BCUT2D eigenvalue weighted by molar-refractivity contribution is 7.53. The maximum atomic E-state index is 12.5. The van der Waals surface area contributed by atoms with E-state index in [9.17, 15) is 19.1 Å². The number of benzene rings is 2. The van der Waals surface area contributed by atoms with E-state index in [2.05, 4.69) is 10.5 Å². The van der Waals surface area contributed by atoms with Crippen LogP contribution in [0.1, 0.15) is 37.8 Å². The summed E-state index contributed by atoms with van der Waals surface area (Å²) < 4.78 is 17.4. The molecular weight excluding hydrogens is 403 g/mol. The van der Waals surface area contributed by atoms with Crippen molar-refractivity contribution < 1.29 is 23.7 Å². The molecule has 0 radical (unpaired) electrons. The van der Waals surface area contributed by atoms with Gasteiger partial charge in [0.1, 0.15) is 0 Å². The highest BCUT2D eigenvalue weighted by Crippen LogP contribution is 2.60. The third kappa shape index (κ3) is 4.38. The third-order valence-corrected chi connectivity index (χ3v) is 7.47. The average molecular weight is 428 g/mol. The molecule has 30 heavy (non-hydrogen) atoms. The number of anilines is 1. The Hall–Kier alpha value is -2.73. The predicted molar refractivity (Wildman–Crippen MR) is 115 cm³/mol. The molecule has 0 saturated carbocycles. The number of hydrogen-bond acceptors (Lipinski definition) is 4. The van der Waals surface area contributed by atoms with Gasteiger partial charge in [-0.2, -0.15) is 0 Å². The van der Waals surface area contributed by atoms with Crippen LogP contribution in [0.3, 0.4) is 0 Å². The van der Waals surface area contributed by atoms with E-state index in [-0.39, 0.29) is 12.3 Å². The van der Waals surface area contributed by atoms with Gasteiger partial charge in [-0.15, -0.1) is 0 Å². The Balaban J connectivity index is 1.73. The first kappa shape index (κ1) is 22.0. The normalized spacial score (nSPS) is 12.0. The third-order valence-electron chi connectivity index (χ3n) is 5.46. The zero-order valence-corrected chi connectivity index (χ0v) is 17.8. The Bertz CT molecular complexity index is 1040. The zero-order chi connectivity index (χ0) is 21.8. The second kappa shape index (κ2) is 8.96. The number of rotatable bonds is 8.